The molecule has 0 spiro atoms. The zero-order valence-corrected chi connectivity index (χ0v) is 20.6. The molecular formula is C25H29N3O3S2. The first kappa shape index (κ1) is 22.5. The Hall–Kier alpha value is -2.29. The van der Waals surface area contributed by atoms with Crippen molar-refractivity contribution >= 4 is 37.5 Å². The molecule has 33 heavy (non-hydrogen) atoms. The Morgan fingerprint density at radius 2 is 1.82 bits per heavy atom. The molecule has 3 aromatic rings. The molecule has 2 aliphatic rings. The first-order valence-corrected chi connectivity index (χ1v) is 13.9. The zero-order valence-electron chi connectivity index (χ0n) is 19.0. The number of fused-ring (bicyclic) bond motifs is 1. The normalized spacial score (nSPS) is 24.4. The van der Waals surface area contributed by atoms with Gasteiger partial charge in [-0.15, -0.1) is 11.3 Å². The number of rotatable bonds is 4. The number of amides is 1. The van der Waals surface area contributed by atoms with Crippen molar-refractivity contribution in [2.24, 2.45) is 11.8 Å². The van der Waals surface area contributed by atoms with Crippen LogP contribution in [0.5, 0.6) is 0 Å². The largest absolute Gasteiger partial charge is 0.329 e. The van der Waals surface area contributed by atoms with Crippen LogP contribution in [-0.4, -0.2) is 48.1 Å². The van der Waals surface area contributed by atoms with Crippen LogP contribution < -0.4 is 0 Å². The molecule has 0 aliphatic carbocycles. The number of sulfonamides is 1. The second-order valence-electron chi connectivity index (χ2n) is 9.47. The van der Waals surface area contributed by atoms with Crippen LogP contribution in [-0.2, 0) is 10.0 Å². The topological polar surface area (TPSA) is 70.6 Å². The van der Waals surface area contributed by atoms with E-state index >= 15 is 0 Å². The van der Waals surface area contributed by atoms with Crippen molar-refractivity contribution in [1.29, 1.82) is 0 Å². The number of para-hydroxylation sites is 1. The summed E-state index contributed by atoms with van der Waals surface area (Å²) in [5.74, 6) is 0.522. The number of carbonyl (C=O) groups excluding carboxylic acids is 1. The van der Waals surface area contributed by atoms with Crippen LogP contribution in [0.4, 0.5) is 0 Å². The third-order valence-electron chi connectivity index (χ3n) is 6.66. The molecule has 8 heteroatoms. The number of hydrogen-bond donors (Lipinski definition) is 0. The minimum absolute atomic E-state index is 0.0704. The SMILES string of the molecule is CC1CC(C)CN(S(=O)(=O)c2cccc(C(=O)N3CCCC3c3nc4ccccc4s3)c2)C1. The Morgan fingerprint density at radius 1 is 1.06 bits per heavy atom. The summed E-state index contributed by atoms with van der Waals surface area (Å²) < 4.78 is 29.4. The van der Waals surface area contributed by atoms with Gasteiger partial charge in [-0.1, -0.05) is 32.0 Å². The van der Waals surface area contributed by atoms with Gasteiger partial charge in [0.2, 0.25) is 10.0 Å². The molecule has 174 valence electrons. The van der Waals surface area contributed by atoms with E-state index < -0.39 is 10.0 Å². The molecule has 1 aromatic heterocycles. The van der Waals surface area contributed by atoms with Crippen molar-refractivity contribution in [3.63, 3.8) is 0 Å². The van der Waals surface area contributed by atoms with Crippen LogP contribution in [0.25, 0.3) is 10.2 Å². The fourth-order valence-corrected chi connectivity index (χ4v) is 8.05. The monoisotopic (exact) mass is 483 g/mol. The van der Waals surface area contributed by atoms with Gasteiger partial charge in [0, 0.05) is 25.2 Å². The van der Waals surface area contributed by atoms with Crippen molar-refractivity contribution in [1.82, 2.24) is 14.2 Å². The van der Waals surface area contributed by atoms with Gasteiger partial charge >= 0.3 is 0 Å². The average Bonchev–Trinajstić information content (AvgIpc) is 3.45. The summed E-state index contributed by atoms with van der Waals surface area (Å²) in [6.07, 6.45) is 2.81. The molecule has 3 atom stereocenters. The predicted octanol–water partition coefficient (Wildman–Crippen LogP) is 4.94. The molecule has 6 nitrogen and oxygen atoms in total. The number of piperidine rings is 1. The second kappa shape index (κ2) is 8.81. The Balaban J connectivity index is 1.41. The lowest BCUT2D eigenvalue weighted by Crippen LogP contribution is -2.42. The van der Waals surface area contributed by atoms with E-state index in [9.17, 15) is 13.2 Å². The molecule has 0 N–H and O–H groups in total. The summed E-state index contributed by atoms with van der Waals surface area (Å²) in [6.45, 7) is 5.88. The van der Waals surface area contributed by atoms with Crippen molar-refractivity contribution < 1.29 is 13.2 Å². The van der Waals surface area contributed by atoms with Crippen molar-refractivity contribution in [3.05, 3.63) is 59.1 Å². The quantitative estimate of drug-likeness (QED) is 0.527. The molecule has 3 heterocycles. The summed E-state index contributed by atoms with van der Waals surface area (Å²) in [4.78, 5) is 20.3. The Morgan fingerprint density at radius 3 is 2.58 bits per heavy atom. The molecule has 2 aromatic carbocycles. The summed E-state index contributed by atoms with van der Waals surface area (Å²) in [5, 5.41) is 0.946. The number of aromatic nitrogens is 1. The molecule has 0 radical (unpaired) electrons. The number of nitrogens with zero attached hydrogens (tertiary/aromatic N) is 3. The van der Waals surface area contributed by atoms with Crippen LogP contribution in [0, 0.1) is 11.8 Å². The van der Waals surface area contributed by atoms with Gasteiger partial charge in [-0.25, -0.2) is 13.4 Å². The number of thiazole rings is 1. The number of hydrogen-bond acceptors (Lipinski definition) is 5. The highest BCUT2D eigenvalue weighted by atomic mass is 32.2. The van der Waals surface area contributed by atoms with E-state index in [0.717, 1.165) is 34.5 Å². The predicted molar refractivity (Wildman–Crippen MR) is 131 cm³/mol. The molecule has 0 saturated carbocycles. The third-order valence-corrected chi connectivity index (χ3v) is 9.63. The van der Waals surface area contributed by atoms with E-state index in [0.29, 0.717) is 37.0 Å². The van der Waals surface area contributed by atoms with E-state index in [2.05, 4.69) is 13.8 Å². The van der Waals surface area contributed by atoms with Gasteiger partial charge in [-0.2, -0.15) is 4.31 Å². The van der Waals surface area contributed by atoms with Gasteiger partial charge in [0.15, 0.2) is 0 Å². The molecule has 0 bridgehead atoms. The molecule has 2 aliphatic heterocycles. The first-order chi connectivity index (χ1) is 15.8. The smallest absolute Gasteiger partial charge is 0.254 e. The number of likely N-dealkylation sites (tertiary alicyclic amines) is 1. The summed E-state index contributed by atoms with van der Waals surface area (Å²) in [6, 6.07) is 14.5. The van der Waals surface area contributed by atoms with Gasteiger partial charge in [-0.3, -0.25) is 4.79 Å². The van der Waals surface area contributed by atoms with Gasteiger partial charge in [0.25, 0.3) is 5.91 Å². The zero-order chi connectivity index (χ0) is 23.2. The van der Waals surface area contributed by atoms with Crippen molar-refractivity contribution in [2.45, 2.75) is 44.0 Å². The van der Waals surface area contributed by atoms with Gasteiger partial charge in [-0.05, 0) is 61.4 Å². The summed E-state index contributed by atoms with van der Waals surface area (Å²) in [5.41, 5.74) is 1.37. The van der Waals surface area contributed by atoms with Crippen molar-refractivity contribution in [3.8, 4) is 0 Å². The van der Waals surface area contributed by atoms with E-state index in [4.69, 9.17) is 4.98 Å². The maximum absolute atomic E-state index is 13.5. The van der Waals surface area contributed by atoms with Crippen molar-refractivity contribution in [2.75, 3.05) is 19.6 Å². The van der Waals surface area contributed by atoms with Gasteiger partial charge in [0.1, 0.15) is 5.01 Å². The standard InChI is InChI=1S/C25H29N3O3S2/c1-17-13-18(2)16-27(15-17)33(30,31)20-8-5-7-19(14-20)25(29)28-12-6-10-22(28)24-26-21-9-3-4-11-23(21)32-24/h3-5,7-9,11,14,17-18,22H,6,10,12-13,15-16H2,1-2H3. The lowest BCUT2D eigenvalue weighted by Gasteiger charge is -2.34. The molecule has 1 amide bonds. The molecular weight excluding hydrogens is 454 g/mol. The fourth-order valence-electron chi connectivity index (χ4n) is 5.21. The molecule has 2 fully saturated rings. The van der Waals surface area contributed by atoms with Crippen LogP contribution in [0.15, 0.2) is 53.4 Å². The highest BCUT2D eigenvalue weighted by Crippen LogP contribution is 2.37. The third kappa shape index (κ3) is 4.32. The van der Waals surface area contributed by atoms with Crippen LogP contribution in [0.1, 0.15) is 54.5 Å². The van der Waals surface area contributed by atoms with Crippen LogP contribution in [0.2, 0.25) is 0 Å². The highest BCUT2D eigenvalue weighted by molar-refractivity contribution is 7.89. The van der Waals surface area contributed by atoms with Gasteiger partial charge < -0.3 is 4.90 Å². The minimum atomic E-state index is -3.64. The molecule has 3 unspecified atom stereocenters. The van der Waals surface area contributed by atoms with Crippen LogP contribution in [0.3, 0.4) is 0 Å². The summed E-state index contributed by atoms with van der Waals surface area (Å²) in [7, 11) is -3.64. The average molecular weight is 484 g/mol. The van der Waals surface area contributed by atoms with E-state index in [1.165, 1.54) is 0 Å². The molecule has 5 rings (SSSR count). The van der Waals surface area contributed by atoms with Gasteiger partial charge in [0.05, 0.1) is 21.2 Å². The Bertz CT molecular complexity index is 1240. The van der Waals surface area contributed by atoms with E-state index in [-0.39, 0.29) is 16.8 Å². The summed E-state index contributed by atoms with van der Waals surface area (Å²) >= 11 is 1.63. The Kier molecular flexibility index (Phi) is 6.01. The van der Waals surface area contributed by atoms with Crippen LogP contribution >= 0.6 is 11.3 Å². The lowest BCUT2D eigenvalue weighted by molar-refractivity contribution is 0.0735. The maximum atomic E-state index is 13.5. The maximum Gasteiger partial charge on any atom is 0.254 e. The minimum Gasteiger partial charge on any atom is -0.329 e. The number of benzene rings is 2. The highest BCUT2D eigenvalue weighted by Gasteiger charge is 2.35. The lowest BCUT2D eigenvalue weighted by atomic mass is 9.94. The Labute approximate surface area is 199 Å². The second-order valence-corrected chi connectivity index (χ2v) is 12.5. The number of carbonyl (C=O) groups is 1. The van der Waals surface area contributed by atoms with E-state index in [1.54, 1.807) is 39.9 Å². The molecule has 2 saturated heterocycles. The van der Waals surface area contributed by atoms with E-state index in [1.807, 2.05) is 29.2 Å². The fraction of sp³-hybridized carbons (Fsp3) is 0.440. The first-order valence-electron chi connectivity index (χ1n) is 11.6.